The maximum atomic E-state index is 12.6. The van der Waals surface area contributed by atoms with Crippen LogP contribution in [0.2, 0.25) is 0 Å². The van der Waals surface area contributed by atoms with Crippen molar-refractivity contribution in [3.63, 3.8) is 0 Å². The summed E-state index contributed by atoms with van der Waals surface area (Å²) in [5.41, 5.74) is -3.94. The van der Waals surface area contributed by atoms with E-state index in [0.717, 1.165) is 27.6 Å². The van der Waals surface area contributed by atoms with Crippen LogP contribution in [0.4, 0.5) is 0 Å². The van der Waals surface area contributed by atoms with Gasteiger partial charge in [0.2, 0.25) is 0 Å². The number of aliphatic hydroxyl groups is 2. The van der Waals surface area contributed by atoms with Gasteiger partial charge in [-0.05, 0) is 44.0 Å². The minimum atomic E-state index is -3.59. The zero-order valence-corrected chi connectivity index (χ0v) is 24.1. The average Bonchev–Trinajstić information content (AvgIpc) is 3.17. The lowest BCUT2D eigenvalue weighted by Crippen LogP contribution is -2.48. The average molecular weight is 604 g/mol. The molecule has 12 nitrogen and oxygen atoms in total. The van der Waals surface area contributed by atoms with Crippen LogP contribution in [-0.4, -0.2) is 62.3 Å². The first-order valence-electron chi connectivity index (χ1n) is 12.6. The predicted octanol–water partition coefficient (Wildman–Crippen LogP) is 1.56. The number of benzene rings is 2. The van der Waals surface area contributed by atoms with Crippen molar-refractivity contribution in [1.82, 2.24) is 14.6 Å². The number of terminal acetylenes is 1. The molecule has 4 unspecified atom stereocenters. The molecule has 1 aliphatic heterocycles. The van der Waals surface area contributed by atoms with E-state index in [1.807, 2.05) is 35.3 Å². The molecule has 0 bridgehead atoms. The number of hydrogen-bond donors (Lipinski definition) is 4. The van der Waals surface area contributed by atoms with Crippen LogP contribution in [-0.2, 0) is 30.6 Å². The molecule has 218 valence electrons. The van der Waals surface area contributed by atoms with Crippen LogP contribution in [0.25, 0.3) is 10.8 Å². The van der Waals surface area contributed by atoms with E-state index in [2.05, 4.69) is 11.0 Å². The van der Waals surface area contributed by atoms with Crippen molar-refractivity contribution < 1.29 is 33.5 Å². The first kappa shape index (κ1) is 30.6. The van der Waals surface area contributed by atoms with Crippen LogP contribution < -0.4 is 20.9 Å². The summed E-state index contributed by atoms with van der Waals surface area (Å²) in [5.74, 6) is 1.88. The summed E-state index contributed by atoms with van der Waals surface area (Å²) in [5, 5.41) is 26.6. The van der Waals surface area contributed by atoms with Gasteiger partial charge in [0.15, 0.2) is 11.8 Å². The highest BCUT2D eigenvalue weighted by Gasteiger charge is 2.56. The van der Waals surface area contributed by atoms with Crippen LogP contribution in [0.5, 0.6) is 5.75 Å². The second-order valence-corrected chi connectivity index (χ2v) is 12.8. The standard InChI is InChI=1S/C27H30N3O9PS/c1-5-27(35)23(32)21(38-25(27)30-14-13-22(31)28-26(30)34)15-36-40(41,29-17(4)24(33)37-16(2)3)39-20-12-8-10-18-9-6-7-11-19(18)20/h1,6-14,16-17,21,23,25,32,35H,15H2,2-4H3,(H,29,41)(H,28,31,34)/t17?,21?,23-,25?,27-,40?/m1/s1. The molecule has 41 heavy (non-hydrogen) atoms. The Bertz CT molecular complexity index is 1630. The van der Waals surface area contributed by atoms with Crippen molar-refractivity contribution in [3.8, 4) is 18.1 Å². The second-order valence-electron chi connectivity index (χ2n) is 9.66. The van der Waals surface area contributed by atoms with Gasteiger partial charge in [-0.15, -0.1) is 6.42 Å². The van der Waals surface area contributed by atoms with Gasteiger partial charge in [0.25, 0.3) is 5.56 Å². The van der Waals surface area contributed by atoms with E-state index in [0.29, 0.717) is 5.75 Å². The van der Waals surface area contributed by atoms with Crippen molar-refractivity contribution in [1.29, 1.82) is 0 Å². The fraction of sp³-hybridized carbons (Fsp3) is 0.370. The molecule has 0 amide bonds. The SMILES string of the molecule is C#C[C@]1(O)C(n2ccc(=O)[nH]c2=O)OC(COP(=S)(NC(C)C(=O)OC(C)C)Oc2cccc3ccccc23)[C@H]1O. The minimum Gasteiger partial charge on any atom is -0.462 e. The van der Waals surface area contributed by atoms with Gasteiger partial charge in [-0.2, -0.15) is 0 Å². The third-order valence-corrected chi connectivity index (χ3v) is 8.74. The number of esters is 1. The molecule has 0 radical (unpaired) electrons. The van der Waals surface area contributed by atoms with Gasteiger partial charge in [0.05, 0.1) is 12.7 Å². The van der Waals surface area contributed by atoms with Crippen molar-refractivity contribution in [2.24, 2.45) is 0 Å². The number of rotatable bonds is 10. The van der Waals surface area contributed by atoms with Crippen molar-refractivity contribution in [3.05, 3.63) is 75.6 Å². The van der Waals surface area contributed by atoms with Crippen LogP contribution in [0.3, 0.4) is 0 Å². The third kappa shape index (κ3) is 6.60. The maximum absolute atomic E-state index is 12.6. The second kappa shape index (κ2) is 12.3. The van der Waals surface area contributed by atoms with Crippen LogP contribution in [0.15, 0.2) is 64.3 Å². The molecule has 0 saturated carbocycles. The maximum Gasteiger partial charge on any atom is 0.330 e. The van der Waals surface area contributed by atoms with Gasteiger partial charge in [-0.3, -0.25) is 19.1 Å². The van der Waals surface area contributed by atoms with Gasteiger partial charge in [0.1, 0.15) is 24.0 Å². The number of fused-ring (bicyclic) bond motifs is 1. The Kier molecular flexibility index (Phi) is 9.16. The highest BCUT2D eigenvalue weighted by Crippen LogP contribution is 2.48. The summed E-state index contributed by atoms with van der Waals surface area (Å²) in [4.78, 5) is 38.5. The summed E-state index contributed by atoms with van der Waals surface area (Å²) in [6.07, 6.45) is 1.65. The highest BCUT2D eigenvalue weighted by molar-refractivity contribution is 8.09. The zero-order chi connectivity index (χ0) is 29.9. The molecule has 14 heteroatoms. The Hall–Kier alpha value is -3.34. The molecule has 1 saturated heterocycles. The van der Waals surface area contributed by atoms with E-state index in [1.54, 1.807) is 26.0 Å². The number of ether oxygens (including phenoxy) is 2. The predicted molar refractivity (Wildman–Crippen MR) is 154 cm³/mol. The number of aliphatic hydroxyl groups excluding tert-OH is 1. The van der Waals surface area contributed by atoms with Crippen molar-refractivity contribution >= 4 is 35.2 Å². The number of nitrogens with zero attached hydrogens (tertiary/aromatic N) is 1. The summed E-state index contributed by atoms with van der Waals surface area (Å²) in [6, 6.07) is 12.9. The van der Waals surface area contributed by atoms with Gasteiger partial charge >= 0.3 is 18.3 Å². The van der Waals surface area contributed by atoms with Crippen LogP contribution in [0, 0.1) is 12.3 Å². The Morgan fingerprint density at radius 1 is 1.24 bits per heavy atom. The number of carbonyl (C=O) groups excluding carboxylic acids is 1. The van der Waals surface area contributed by atoms with Gasteiger partial charge in [-0.25, -0.2) is 9.88 Å². The lowest BCUT2D eigenvalue weighted by Gasteiger charge is -2.28. The molecule has 4 N–H and O–H groups in total. The molecule has 4 rings (SSSR count). The topological polar surface area (TPSA) is 161 Å². The summed E-state index contributed by atoms with van der Waals surface area (Å²) in [6.45, 7) is 0.904. The van der Waals surface area contributed by atoms with Gasteiger partial charge in [0, 0.05) is 17.6 Å². The molecule has 1 aliphatic rings. The normalized spacial score (nSPS) is 24.5. The van der Waals surface area contributed by atoms with E-state index in [-0.39, 0.29) is 6.10 Å². The Labute approximate surface area is 240 Å². The largest absolute Gasteiger partial charge is 0.462 e. The molecule has 3 aromatic rings. The Morgan fingerprint density at radius 3 is 2.63 bits per heavy atom. The van der Waals surface area contributed by atoms with E-state index in [9.17, 15) is 24.6 Å². The van der Waals surface area contributed by atoms with Crippen molar-refractivity contribution in [2.75, 3.05) is 6.61 Å². The molecule has 0 spiro atoms. The van der Waals surface area contributed by atoms with E-state index < -0.39 is 60.5 Å². The first-order chi connectivity index (χ1) is 19.4. The van der Waals surface area contributed by atoms with Crippen LogP contribution in [0.1, 0.15) is 27.0 Å². The lowest BCUT2D eigenvalue weighted by atomic mass is 9.95. The number of aromatic amines is 1. The molecular weight excluding hydrogens is 573 g/mol. The van der Waals surface area contributed by atoms with Gasteiger partial charge < -0.3 is 28.7 Å². The number of hydrogen-bond acceptors (Lipinski definition) is 10. The number of nitrogens with one attached hydrogen (secondary N) is 2. The summed E-state index contributed by atoms with van der Waals surface area (Å²) in [7, 11) is 0. The minimum absolute atomic E-state index is 0.374. The van der Waals surface area contributed by atoms with E-state index in [1.165, 1.54) is 6.92 Å². The van der Waals surface area contributed by atoms with E-state index >= 15 is 0 Å². The fourth-order valence-electron chi connectivity index (χ4n) is 4.24. The highest BCUT2D eigenvalue weighted by atomic mass is 32.5. The Morgan fingerprint density at radius 2 is 1.95 bits per heavy atom. The molecular formula is C27H30N3O9PS. The smallest absolute Gasteiger partial charge is 0.330 e. The van der Waals surface area contributed by atoms with Crippen molar-refractivity contribution in [2.45, 2.75) is 57.0 Å². The first-order valence-corrected chi connectivity index (χ1v) is 15.3. The van der Waals surface area contributed by atoms with Crippen LogP contribution >= 0.6 is 6.64 Å². The van der Waals surface area contributed by atoms with Gasteiger partial charge in [-0.1, -0.05) is 42.3 Å². The molecule has 2 aromatic carbocycles. The molecule has 2 heterocycles. The number of aromatic nitrogens is 2. The number of H-pyrrole nitrogens is 1. The summed E-state index contributed by atoms with van der Waals surface area (Å²) < 4.78 is 24.1. The third-order valence-electron chi connectivity index (χ3n) is 6.25. The quantitative estimate of drug-likeness (QED) is 0.151. The lowest BCUT2D eigenvalue weighted by molar-refractivity contribution is -0.149. The monoisotopic (exact) mass is 603 g/mol. The molecule has 0 aliphatic carbocycles. The molecule has 1 aromatic heterocycles. The summed E-state index contributed by atoms with van der Waals surface area (Å²) >= 11 is 5.79. The Balaban J connectivity index is 1.62. The molecule has 1 fully saturated rings. The number of carbonyl (C=O) groups is 1. The fourth-order valence-corrected chi connectivity index (χ4v) is 6.66. The molecule has 6 atom stereocenters. The zero-order valence-electron chi connectivity index (χ0n) is 22.4. The van der Waals surface area contributed by atoms with E-state index in [4.69, 9.17) is 36.8 Å².